The van der Waals surface area contributed by atoms with Gasteiger partial charge in [-0.15, -0.1) is 0 Å². The summed E-state index contributed by atoms with van der Waals surface area (Å²) < 4.78 is 36.3. The van der Waals surface area contributed by atoms with Crippen molar-refractivity contribution in [3.05, 3.63) is 29.6 Å². The highest BCUT2D eigenvalue weighted by atomic mass is 19.4. The SMILES string of the molecule is NCC(N)c1ccc(C(F)(F)F)cn1. The van der Waals surface area contributed by atoms with Crippen molar-refractivity contribution in [1.29, 1.82) is 0 Å². The smallest absolute Gasteiger partial charge is 0.329 e. The molecule has 1 atom stereocenters. The van der Waals surface area contributed by atoms with Crippen molar-refractivity contribution in [2.45, 2.75) is 12.2 Å². The zero-order valence-electron chi connectivity index (χ0n) is 7.25. The van der Waals surface area contributed by atoms with Crippen LogP contribution in [0.25, 0.3) is 0 Å². The van der Waals surface area contributed by atoms with Crippen molar-refractivity contribution in [3.63, 3.8) is 0 Å². The molecule has 0 aliphatic rings. The Morgan fingerprint density at radius 3 is 2.36 bits per heavy atom. The summed E-state index contributed by atoms with van der Waals surface area (Å²) in [6, 6.07) is 1.66. The van der Waals surface area contributed by atoms with Crippen LogP contribution in [0.4, 0.5) is 13.2 Å². The van der Waals surface area contributed by atoms with E-state index in [-0.39, 0.29) is 6.54 Å². The van der Waals surface area contributed by atoms with Gasteiger partial charge in [0.1, 0.15) is 0 Å². The van der Waals surface area contributed by atoms with Crippen LogP contribution >= 0.6 is 0 Å². The molecule has 14 heavy (non-hydrogen) atoms. The number of aromatic nitrogens is 1. The number of rotatable bonds is 2. The van der Waals surface area contributed by atoms with Gasteiger partial charge in [0.2, 0.25) is 0 Å². The lowest BCUT2D eigenvalue weighted by atomic mass is 10.1. The summed E-state index contributed by atoms with van der Waals surface area (Å²) in [5.41, 5.74) is 10.3. The highest BCUT2D eigenvalue weighted by Crippen LogP contribution is 2.28. The molecule has 0 saturated carbocycles. The molecule has 0 radical (unpaired) electrons. The maximum Gasteiger partial charge on any atom is 0.417 e. The molecule has 0 aliphatic heterocycles. The fraction of sp³-hybridized carbons (Fsp3) is 0.375. The van der Waals surface area contributed by atoms with Crippen LogP contribution in [0.15, 0.2) is 18.3 Å². The Bertz CT molecular complexity index is 294. The molecule has 1 heterocycles. The van der Waals surface area contributed by atoms with E-state index in [1.165, 1.54) is 6.07 Å². The Morgan fingerprint density at radius 1 is 1.36 bits per heavy atom. The number of hydrogen-bond acceptors (Lipinski definition) is 3. The Hall–Kier alpha value is -1.14. The molecule has 1 unspecified atom stereocenters. The van der Waals surface area contributed by atoms with Crippen molar-refractivity contribution >= 4 is 0 Å². The summed E-state index contributed by atoms with van der Waals surface area (Å²) in [7, 11) is 0. The van der Waals surface area contributed by atoms with Gasteiger partial charge in [0.05, 0.1) is 17.3 Å². The van der Waals surface area contributed by atoms with Gasteiger partial charge < -0.3 is 11.5 Å². The third-order valence-corrected chi connectivity index (χ3v) is 1.75. The number of hydrogen-bond donors (Lipinski definition) is 2. The van der Waals surface area contributed by atoms with Crippen molar-refractivity contribution < 1.29 is 13.2 Å². The number of alkyl halides is 3. The van der Waals surface area contributed by atoms with Crippen molar-refractivity contribution in [1.82, 2.24) is 4.98 Å². The lowest BCUT2D eigenvalue weighted by Gasteiger charge is -2.10. The fourth-order valence-corrected chi connectivity index (χ4v) is 0.913. The molecule has 0 bridgehead atoms. The fourth-order valence-electron chi connectivity index (χ4n) is 0.913. The Kier molecular flexibility index (Phi) is 3.07. The molecule has 4 N–H and O–H groups in total. The predicted molar refractivity (Wildman–Crippen MR) is 45.2 cm³/mol. The number of nitrogens with zero attached hydrogens (tertiary/aromatic N) is 1. The molecule has 0 aromatic carbocycles. The minimum Gasteiger partial charge on any atom is -0.329 e. The lowest BCUT2D eigenvalue weighted by molar-refractivity contribution is -0.137. The summed E-state index contributed by atoms with van der Waals surface area (Å²) in [6.07, 6.45) is -3.61. The quantitative estimate of drug-likeness (QED) is 0.758. The van der Waals surface area contributed by atoms with Gasteiger partial charge in [-0.3, -0.25) is 4.98 Å². The zero-order chi connectivity index (χ0) is 10.8. The van der Waals surface area contributed by atoms with Gasteiger partial charge in [-0.25, -0.2) is 0 Å². The van der Waals surface area contributed by atoms with E-state index in [0.717, 1.165) is 12.3 Å². The van der Waals surface area contributed by atoms with E-state index >= 15 is 0 Å². The summed E-state index contributed by atoms with van der Waals surface area (Å²) in [6.45, 7) is 0.151. The molecule has 3 nitrogen and oxygen atoms in total. The van der Waals surface area contributed by atoms with Crippen LogP contribution in [0, 0.1) is 0 Å². The molecule has 6 heteroatoms. The third-order valence-electron chi connectivity index (χ3n) is 1.75. The minimum atomic E-state index is -4.36. The van der Waals surface area contributed by atoms with Gasteiger partial charge in [0.25, 0.3) is 0 Å². The van der Waals surface area contributed by atoms with Crippen LogP contribution in [0.1, 0.15) is 17.3 Å². The zero-order valence-corrected chi connectivity index (χ0v) is 7.25. The highest BCUT2D eigenvalue weighted by molar-refractivity contribution is 5.18. The molecule has 1 aromatic rings. The molecular weight excluding hydrogens is 195 g/mol. The maximum absolute atomic E-state index is 12.1. The molecule has 0 amide bonds. The summed E-state index contributed by atoms with van der Waals surface area (Å²) in [5, 5.41) is 0. The average molecular weight is 205 g/mol. The predicted octanol–water partition coefficient (Wildman–Crippen LogP) is 1.06. The monoisotopic (exact) mass is 205 g/mol. The normalized spacial score (nSPS) is 14.1. The molecule has 1 rings (SSSR count). The molecule has 0 aliphatic carbocycles. The van der Waals surface area contributed by atoms with Crippen LogP contribution in [0.3, 0.4) is 0 Å². The third kappa shape index (κ3) is 2.43. The summed E-state index contributed by atoms with van der Waals surface area (Å²) in [5.74, 6) is 0. The molecule has 0 saturated heterocycles. The second-order valence-corrected chi connectivity index (χ2v) is 2.81. The largest absolute Gasteiger partial charge is 0.417 e. The van der Waals surface area contributed by atoms with E-state index in [1.54, 1.807) is 0 Å². The Balaban J connectivity index is 2.89. The first kappa shape index (κ1) is 10.9. The minimum absolute atomic E-state index is 0.151. The van der Waals surface area contributed by atoms with Gasteiger partial charge in [0, 0.05) is 12.7 Å². The van der Waals surface area contributed by atoms with E-state index in [4.69, 9.17) is 11.5 Å². The first-order chi connectivity index (χ1) is 6.45. The molecule has 78 valence electrons. The number of nitrogens with two attached hydrogens (primary N) is 2. The van der Waals surface area contributed by atoms with Crippen LogP contribution in [-0.2, 0) is 6.18 Å². The Morgan fingerprint density at radius 2 is 2.00 bits per heavy atom. The van der Waals surface area contributed by atoms with Crippen molar-refractivity contribution in [2.24, 2.45) is 11.5 Å². The topological polar surface area (TPSA) is 64.9 Å². The van der Waals surface area contributed by atoms with E-state index in [9.17, 15) is 13.2 Å². The van der Waals surface area contributed by atoms with Crippen LogP contribution in [-0.4, -0.2) is 11.5 Å². The summed E-state index contributed by atoms with van der Waals surface area (Å²) in [4.78, 5) is 3.59. The maximum atomic E-state index is 12.1. The highest BCUT2D eigenvalue weighted by Gasteiger charge is 2.30. The van der Waals surface area contributed by atoms with Crippen molar-refractivity contribution in [3.8, 4) is 0 Å². The number of pyridine rings is 1. The molecule has 0 fully saturated rings. The van der Waals surface area contributed by atoms with Gasteiger partial charge in [0.15, 0.2) is 0 Å². The van der Waals surface area contributed by atoms with Crippen molar-refractivity contribution in [2.75, 3.05) is 6.54 Å². The standard InChI is InChI=1S/C8H10F3N3/c9-8(10,11)5-1-2-7(14-4-5)6(13)3-12/h1-2,4,6H,3,12-13H2. The molecule has 1 aromatic heterocycles. The first-order valence-electron chi connectivity index (χ1n) is 3.94. The van der Waals surface area contributed by atoms with Gasteiger partial charge in [-0.05, 0) is 12.1 Å². The van der Waals surface area contributed by atoms with Gasteiger partial charge in [-0.1, -0.05) is 0 Å². The molecule has 0 spiro atoms. The second-order valence-electron chi connectivity index (χ2n) is 2.81. The van der Waals surface area contributed by atoms with Crippen LogP contribution in [0.2, 0.25) is 0 Å². The average Bonchev–Trinajstić information content (AvgIpc) is 2.15. The van der Waals surface area contributed by atoms with E-state index in [1.807, 2.05) is 0 Å². The van der Waals surface area contributed by atoms with Crippen LogP contribution < -0.4 is 11.5 Å². The van der Waals surface area contributed by atoms with E-state index in [0.29, 0.717) is 5.69 Å². The lowest BCUT2D eigenvalue weighted by Crippen LogP contribution is -2.22. The van der Waals surface area contributed by atoms with Gasteiger partial charge in [-0.2, -0.15) is 13.2 Å². The van der Waals surface area contributed by atoms with E-state index in [2.05, 4.69) is 4.98 Å². The van der Waals surface area contributed by atoms with Gasteiger partial charge >= 0.3 is 6.18 Å². The van der Waals surface area contributed by atoms with E-state index < -0.39 is 17.8 Å². The number of halogens is 3. The molecular formula is C8H10F3N3. The Labute approximate surface area is 78.9 Å². The summed E-state index contributed by atoms with van der Waals surface area (Å²) >= 11 is 0. The second kappa shape index (κ2) is 3.93. The van der Waals surface area contributed by atoms with Crippen LogP contribution in [0.5, 0.6) is 0 Å². The first-order valence-corrected chi connectivity index (χ1v) is 3.94.